The van der Waals surface area contributed by atoms with E-state index in [1.807, 2.05) is 51.2 Å². The number of esters is 1. The Morgan fingerprint density at radius 2 is 1.56 bits per heavy atom. The Hall–Kier alpha value is -3.04. The van der Waals surface area contributed by atoms with Gasteiger partial charge in [-0.3, -0.25) is 14.4 Å². The predicted molar refractivity (Wildman–Crippen MR) is 254 cm³/mol. The lowest BCUT2D eigenvalue weighted by Gasteiger charge is -2.42. The highest BCUT2D eigenvalue weighted by molar-refractivity contribution is 6.39. The van der Waals surface area contributed by atoms with Crippen molar-refractivity contribution in [3.05, 3.63) is 47.6 Å². The molecule has 2 bridgehead atoms. The summed E-state index contributed by atoms with van der Waals surface area (Å²) in [6.07, 6.45) is 16.6. The van der Waals surface area contributed by atoms with Gasteiger partial charge in [0.15, 0.2) is 5.78 Å². The van der Waals surface area contributed by atoms with E-state index >= 15 is 0 Å². The summed E-state index contributed by atoms with van der Waals surface area (Å²) in [7, 11) is 3.13. The van der Waals surface area contributed by atoms with Crippen molar-refractivity contribution in [2.24, 2.45) is 41.4 Å². The average molecular weight is 928 g/mol. The summed E-state index contributed by atoms with van der Waals surface area (Å²) in [5.41, 5.74) is 1.71. The third kappa shape index (κ3) is 15.2. The number of carbonyl (C=O) groups excluding carboxylic acids is 4. The quantitative estimate of drug-likeness (QED) is 0.123. The number of allylic oxidation sites excluding steroid dienone is 7. The van der Waals surface area contributed by atoms with Gasteiger partial charge in [-0.25, -0.2) is 4.79 Å². The number of aliphatic hydroxyl groups is 3. The van der Waals surface area contributed by atoms with E-state index in [0.717, 1.165) is 31.3 Å². The molecule has 374 valence electrons. The minimum Gasteiger partial charge on any atom is -0.461 e. The molecular formula is C53H85NO12. The molecule has 66 heavy (non-hydrogen) atoms. The first-order valence-electron chi connectivity index (χ1n) is 25.0. The van der Waals surface area contributed by atoms with Crippen LogP contribution in [0.25, 0.3) is 0 Å². The molecule has 1 saturated carbocycles. The number of rotatable bonds is 8. The zero-order chi connectivity index (χ0) is 48.7. The SMILES string of the molecule is CO[C@@H]1C[C@H](C[C@@H](C)[C@@H]2CC[C@H](C)/C=C(\C)[C@@H](O)[C@@H](OC)C(=O)[C@H](C)C[C@H](C)/C=C/C=C/C=C(\C)C(C)C[C@@H]3CC[C@@H](C)[C@@](O)(O3)C(=O)C(=O)N3CCCC[C@H]3C(=O)O2)CC[C@H]1OCCO. The summed E-state index contributed by atoms with van der Waals surface area (Å²) >= 11 is 0. The van der Waals surface area contributed by atoms with Gasteiger partial charge in [-0.2, -0.15) is 0 Å². The van der Waals surface area contributed by atoms with E-state index in [1.54, 1.807) is 21.0 Å². The second-order valence-electron chi connectivity index (χ2n) is 20.4. The number of piperidine rings is 1. The van der Waals surface area contributed by atoms with Crippen molar-refractivity contribution in [2.45, 2.75) is 187 Å². The van der Waals surface area contributed by atoms with Gasteiger partial charge in [-0.15, -0.1) is 0 Å². The molecule has 0 aromatic carbocycles. The summed E-state index contributed by atoms with van der Waals surface area (Å²) in [5.74, 6) is -5.78. The van der Waals surface area contributed by atoms with E-state index in [2.05, 4.69) is 26.8 Å². The van der Waals surface area contributed by atoms with Gasteiger partial charge >= 0.3 is 5.97 Å². The van der Waals surface area contributed by atoms with Gasteiger partial charge in [0, 0.05) is 32.6 Å². The first-order chi connectivity index (χ1) is 31.3. The second-order valence-corrected chi connectivity index (χ2v) is 20.4. The molecule has 0 aromatic rings. The van der Waals surface area contributed by atoms with E-state index in [-0.39, 0.29) is 73.3 Å². The minimum atomic E-state index is -2.33. The number of amides is 1. The first kappa shape index (κ1) is 55.6. The normalized spacial score (nSPS) is 40.0. The van der Waals surface area contributed by atoms with Crippen molar-refractivity contribution < 1.29 is 58.2 Å². The van der Waals surface area contributed by atoms with E-state index in [9.17, 15) is 34.5 Å². The third-order valence-electron chi connectivity index (χ3n) is 15.0. The Bertz CT molecular complexity index is 1710. The Morgan fingerprint density at radius 3 is 2.26 bits per heavy atom. The van der Waals surface area contributed by atoms with Crippen molar-refractivity contribution in [1.29, 1.82) is 0 Å². The molecule has 13 heteroatoms. The molecule has 3 N–H and O–H groups in total. The molecule has 1 aliphatic carbocycles. The minimum absolute atomic E-state index is 0.0540. The van der Waals surface area contributed by atoms with Gasteiger partial charge in [0.1, 0.15) is 24.4 Å². The van der Waals surface area contributed by atoms with Crippen molar-refractivity contribution in [3.63, 3.8) is 0 Å². The van der Waals surface area contributed by atoms with Crippen molar-refractivity contribution in [2.75, 3.05) is 34.0 Å². The van der Waals surface area contributed by atoms with Gasteiger partial charge in [0.25, 0.3) is 11.7 Å². The van der Waals surface area contributed by atoms with Gasteiger partial charge in [-0.1, -0.05) is 83.6 Å². The van der Waals surface area contributed by atoms with Gasteiger partial charge in [0.2, 0.25) is 5.79 Å². The molecule has 2 saturated heterocycles. The maximum Gasteiger partial charge on any atom is 0.329 e. The summed E-state index contributed by atoms with van der Waals surface area (Å²) in [6.45, 7) is 16.0. The number of cyclic esters (lactones) is 1. The lowest BCUT2D eigenvalue weighted by Crippen LogP contribution is -2.60. The number of aliphatic hydroxyl groups excluding tert-OH is 2. The molecule has 13 nitrogen and oxygen atoms in total. The molecule has 1 amide bonds. The van der Waals surface area contributed by atoms with Crippen LogP contribution >= 0.6 is 0 Å². The van der Waals surface area contributed by atoms with Crippen LogP contribution in [-0.4, -0.2) is 126 Å². The number of methoxy groups -OCH3 is 2. The molecule has 0 spiro atoms. The Kier molecular flexibility index (Phi) is 22.4. The molecule has 15 atom stereocenters. The van der Waals surface area contributed by atoms with Crippen LogP contribution in [0.15, 0.2) is 47.6 Å². The summed E-state index contributed by atoms with van der Waals surface area (Å²) in [6, 6.07) is -1.00. The van der Waals surface area contributed by atoms with E-state index in [4.69, 9.17) is 23.7 Å². The molecule has 1 unspecified atom stereocenters. The summed E-state index contributed by atoms with van der Waals surface area (Å²) < 4.78 is 30.0. The van der Waals surface area contributed by atoms with Crippen LogP contribution in [0.1, 0.15) is 139 Å². The maximum absolute atomic E-state index is 14.4. The second kappa shape index (κ2) is 26.6. The summed E-state index contributed by atoms with van der Waals surface area (Å²) in [5, 5.41) is 32.8. The Balaban J connectivity index is 1.65. The number of nitrogens with zero attached hydrogens (tertiary/aromatic N) is 1. The maximum atomic E-state index is 14.4. The van der Waals surface area contributed by atoms with E-state index in [0.29, 0.717) is 63.4 Å². The molecule has 4 rings (SSSR count). The highest BCUT2D eigenvalue weighted by Gasteiger charge is 2.53. The number of ketones is 2. The van der Waals surface area contributed by atoms with Crippen molar-refractivity contribution >= 4 is 23.4 Å². The van der Waals surface area contributed by atoms with Crippen LogP contribution in [0.2, 0.25) is 0 Å². The Labute approximate surface area is 395 Å². The Morgan fingerprint density at radius 1 is 0.818 bits per heavy atom. The standard InChI is InChI=1S/C53H85NO12/c1-33-16-12-11-13-17-35(3)36(4)31-42-22-20-40(8)53(61,66-42)50(58)51(59)54-25-15-14-18-43(54)52(60)65-44(37(5)30-41-21-24-45(64-27-26-55)46(32-41)62-9)23-19-34(2)29-39(7)48(57)49(63-10)47(56)38(6)28-33/h11-13,16-17,29,33-34,36-38,40-46,48-49,55,57,61H,14-15,18-28,30-32H2,1-10H3/b13-11+,16-12+,35-17+,39-29+/t33-,34+,36?,37-,38-,40-,41+,42+,43+,44+,45-,46-,48-,49+,53-/m1/s1. The topological polar surface area (TPSA) is 178 Å². The number of hydrogen-bond acceptors (Lipinski definition) is 12. The molecular weight excluding hydrogens is 843 g/mol. The molecule has 3 aliphatic heterocycles. The van der Waals surface area contributed by atoms with Crippen LogP contribution in [0.5, 0.6) is 0 Å². The fraction of sp³-hybridized carbons (Fsp3) is 0.774. The number of ether oxygens (including phenoxy) is 5. The highest BCUT2D eigenvalue weighted by Crippen LogP contribution is 2.38. The van der Waals surface area contributed by atoms with E-state index in [1.165, 1.54) is 12.0 Å². The molecule has 0 radical (unpaired) electrons. The lowest BCUT2D eigenvalue weighted by molar-refractivity contribution is -0.264. The van der Waals surface area contributed by atoms with Crippen LogP contribution in [0.4, 0.5) is 0 Å². The molecule has 4 aliphatic rings. The van der Waals surface area contributed by atoms with Crippen LogP contribution < -0.4 is 0 Å². The third-order valence-corrected chi connectivity index (χ3v) is 15.0. The smallest absolute Gasteiger partial charge is 0.329 e. The number of Topliss-reactive ketones (excluding diaryl/α,β-unsaturated/α-hetero) is 2. The molecule has 3 heterocycles. The number of carbonyl (C=O) groups is 4. The fourth-order valence-electron chi connectivity index (χ4n) is 10.6. The predicted octanol–water partition coefficient (Wildman–Crippen LogP) is 7.64. The number of hydrogen-bond donors (Lipinski definition) is 3. The van der Waals surface area contributed by atoms with Crippen LogP contribution in [0, 0.1) is 41.4 Å². The zero-order valence-electron chi connectivity index (χ0n) is 41.8. The van der Waals surface area contributed by atoms with Crippen molar-refractivity contribution in [3.8, 4) is 0 Å². The summed E-state index contributed by atoms with van der Waals surface area (Å²) in [4.78, 5) is 57.9. The zero-order valence-corrected chi connectivity index (χ0v) is 41.8. The number of fused-ring (bicyclic) bond motifs is 3. The fourth-order valence-corrected chi connectivity index (χ4v) is 10.6. The largest absolute Gasteiger partial charge is 0.461 e. The van der Waals surface area contributed by atoms with Crippen LogP contribution in [-0.2, 0) is 42.9 Å². The van der Waals surface area contributed by atoms with Crippen LogP contribution in [0.3, 0.4) is 0 Å². The van der Waals surface area contributed by atoms with E-state index < -0.39 is 59.8 Å². The van der Waals surface area contributed by atoms with Crippen molar-refractivity contribution in [1.82, 2.24) is 4.90 Å². The average Bonchev–Trinajstić information content (AvgIpc) is 3.29. The lowest BCUT2D eigenvalue weighted by atomic mass is 9.78. The van der Waals surface area contributed by atoms with Gasteiger partial charge in [-0.05, 0) is 132 Å². The van der Waals surface area contributed by atoms with Gasteiger partial charge in [0.05, 0.1) is 31.5 Å². The monoisotopic (exact) mass is 928 g/mol. The molecule has 0 aromatic heterocycles. The van der Waals surface area contributed by atoms with Gasteiger partial charge < -0.3 is 43.9 Å². The highest BCUT2D eigenvalue weighted by atomic mass is 16.6. The first-order valence-corrected chi connectivity index (χ1v) is 25.0. The molecule has 3 fully saturated rings.